The molecule has 3 rings (SSSR count). The molecule has 0 aliphatic heterocycles. The van der Waals surface area contributed by atoms with Gasteiger partial charge in [0, 0.05) is 22.1 Å². The second kappa shape index (κ2) is 7.33. The molecular weight excluding hydrogens is 364 g/mol. The third-order valence-corrected chi connectivity index (χ3v) is 6.05. The van der Waals surface area contributed by atoms with Crippen LogP contribution in [0.3, 0.4) is 0 Å². The predicted molar refractivity (Wildman–Crippen MR) is 95.4 cm³/mol. The van der Waals surface area contributed by atoms with Crippen molar-refractivity contribution in [1.29, 1.82) is 0 Å². The van der Waals surface area contributed by atoms with E-state index in [2.05, 4.69) is 21.2 Å². The van der Waals surface area contributed by atoms with Gasteiger partial charge in [-0.05, 0) is 62.1 Å². The van der Waals surface area contributed by atoms with Crippen LogP contribution in [0.5, 0.6) is 0 Å². The summed E-state index contributed by atoms with van der Waals surface area (Å²) in [5, 5.41) is 3.31. The zero-order valence-electron chi connectivity index (χ0n) is 12.8. The average molecular weight is 388 g/mol. The van der Waals surface area contributed by atoms with E-state index in [0.29, 0.717) is 23.9 Å². The Bertz CT molecular complexity index is 537. The van der Waals surface area contributed by atoms with Crippen molar-refractivity contribution in [2.75, 3.05) is 0 Å². The monoisotopic (exact) mass is 386 g/mol. The van der Waals surface area contributed by atoms with Crippen LogP contribution in [0.15, 0.2) is 22.7 Å². The lowest BCUT2D eigenvalue weighted by Gasteiger charge is -2.45. The quantitative estimate of drug-likeness (QED) is 0.810. The molecule has 22 heavy (non-hydrogen) atoms. The van der Waals surface area contributed by atoms with E-state index in [1.54, 1.807) is 0 Å². The van der Waals surface area contributed by atoms with Gasteiger partial charge < -0.3 is 11.1 Å². The lowest BCUT2D eigenvalue weighted by atomic mass is 9.67. The molecule has 0 aromatic heterocycles. The number of hydrogen-bond acceptors (Lipinski definition) is 2. The molecule has 122 valence electrons. The van der Waals surface area contributed by atoms with Gasteiger partial charge in [0.25, 0.3) is 5.91 Å². The topological polar surface area (TPSA) is 55.1 Å². The fourth-order valence-electron chi connectivity index (χ4n) is 4.11. The number of halogens is 2. The minimum atomic E-state index is 0. The fourth-order valence-corrected chi connectivity index (χ4v) is 4.47. The summed E-state index contributed by atoms with van der Waals surface area (Å²) in [5.41, 5.74) is 7.94. The smallest absolute Gasteiger partial charge is 0.251 e. The fraction of sp³-hybridized carbons (Fsp3) is 0.588. The molecule has 2 atom stereocenters. The Morgan fingerprint density at radius 1 is 1.27 bits per heavy atom. The van der Waals surface area contributed by atoms with Gasteiger partial charge in [0.2, 0.25) is 0 Å². The van der Waals surface area contributed by atoms with Crippen LogP contribution >= 0.6 is 28.3 Å². The summed E-state index contributed by atoms with van der Waals surface area (Å²) in [7, 11) is 0. The number of nitrogens with one attached hydrogen (secondary N) is 1. The molecular formula is C17H24BrClN2O. The van der Waals surface area contributed by atoms with E-state index in [-0.39, 0.29) is 18.3 Å². The SMILES string of the molecule is Cc1c(Br)cccc1C(=O)NC1C2CCCC1CC(N)C2.Cl. The van der Waals surface area contributed by atoms with Gasteiger partial charge in [-0.2, -0.15) is 0 Å². The van der Waals surface area contributed by atoms with Gasteiger partial charge in [-0.15, -0.1) is 12.4 Å². The van der Waals surface area contributed by atoms with E-state index in [4.69, 9.17) is 5.73 Å². The lowest BCUT2D eigenvalue weighted by Crippen LogP contribution is -2.53. The number of amides is 1. The maximum atomic E-state index is 12.6. The second-order valence-electron chi connectivity index (χ2n) is 6.59. The van der Waals surface area contributed by atoms with Crippen molar-refractivity contribution in [3.63, 3.8) is 0 Å². The Hall–Kier alpha value is -0.580. The highest BCUT2D eigenvalue weighted by Gasteiger charge is 2.40. The highest BCUT2D eigenvalue weighted by atomic mass is 79.9. The molecule has 0 radical (unpaired) electrons. The minimum Gasteiger partial charge on any atom is -0.349 e. The summed E-state index contributed by atoms with van der Waals surface area (Å²) >= 11 is 3.50. The molecule has 0 spiro atoms. The van der Waals surface area contributed by atoms with Crippen molar-refractivity contribution in [2.45, 2.75) is 51.1 Å². The number of fused-ring (bicyclic) bond motifs is 2. The summed E-state index contributed by atoms with van der Waals surface area (Å²) in [6.07, 6.45) is 5.79. The summed E-state index contributed by atoms with van der Waals surface area (Å²) in [5.74, 6) is 1.18. The summed E-state index contributed by atoms with van der Waals surface area (Å²) in [6, 6.07) is 6.43. The molecule has 2 saturated carbocycles. The maximum Gasteiger partial charge on any atom is 0.251 e. The zero-order chi connectivity index (χ0) is 15.0. The van der Waals surface area contributed by atoms with Crippen LogP contribution in [0.25, 0.3) is 0 Å². The molecule has 3 nitrogen and oxygen atoms in total. The van der Waals surface area contributed by atoms with Crippen molar-refractivity contribution >= 4 is 34.2 Å². The van der Waals surface area contributed by atoms with E-state index in [1.165, 1.54) is 19.3 Å². The first-order valence-corrected chi connectivity index (χ1v) is 8.67. The zero-order valence-corrected chi connectivity index (χ0v) is 15.3. The Balaban J connectivity index is 0.00000176. The normalized spacial score (nSPS) is 30.3. The molecule has 0 saturated heterocycles. The first kappa shape index (κ1) is 17.8. The van der Waals surface area contributed by atoms with Crippen molar-refractivity contribution in [3.05, 3.63) is 33.8 Å². The van der Waals surface area contributed by atoms with Crippen LogP contribution in [0.1, 0.15) is 48.0 Å². The summed E-state index contributed by atoms with van der Waals surface area (Å²) in [4.78, 5) is 12.6. The van der Waals surface area contributed by atoms with Gasteiger partial charge in [-0.1, -0.05) is 28.4 Å². The van der Waals surface area contributed by atoms with Crippen LogP contribution in [0, 0.1) is 18.8 Å². The average Bonchev–Trinajstić information content (AvgIpc) is 2.42. The Morgan fingerprint density at radius 3 is 2.55 bits per heavy atom. The van der Waals surface area contributed by atoms with Gasteiger partial charge in [-0.3, -0.25) is 4.79 Å². The van der Waals surface area contributed by atoms with Crippen molar-refractivity contribution in [3.8, 4) is 0 Å². The molecule has 0 heterocycles. The number of nitrogens with two attached hydrogens (primary N) is 1. The van der Waals surface area contributed by atoms with Crippen molar-refractivity contribution in [2.24, 2.45) is 17.6 Å². The number of hydrogen-bond donors (Lipinski definition) is 2. The molecule has 5 heteroatoms. The minimum absolute atomic E-state index is 0. The van der Waals surface area contributed by atoms with E-state index < -0.39 is 0 Å². The second-order valence-corrected chi connectivity index (χ2v) is 7.45. The Morgan fingerprint density at radius 2 is 1.91 bits per heavy atom. The van der Waals surface area contributed by atoms with Gasteiger partial charge in [0.15, 0.2) is 0 Å². The molecule has 3 N–H and O–H groups in total. The Labute approximate surface area is 147 Å². The summed E-state index contributed by atoms with van der Waals surface area (Å²) in [6.45, 7) is 1.98. The van der Waals surface area contributed by atoms with E-state index in [1.807, 2.05) is 25.1 Å². The number of carbonyl (C=O) groups is 1. The number of benzene rings is 1. The number of carbonyl (C=O) groups excluding carboxylic acids is 1. The van der Waals surface area contributed by atoms with Crippen LogP contribution in [0.4, 0.5) is 0 Å². The van der Waals surface area contributed by atoms with Crippen molar-refractivity contribution < 1.29 is 4.79 Å². The largest absolute Gasteiger partial charge is 0.349 e. The van der Waals surface area contributed by atoms with E-state index >= 15 is 0 Å². The molecule has 2 aliphatic carbocycles. The van der Waals surface area contributed by atoms with Gasteiger partial charge >= 0.3 is 0 Å². The molecule has 2 unspecified atom stereocenters. The molecule has 2 aliphatic rings. The third-order valence-electron chi connectivity index (χ3n) is 5.19. The van der Waals surface area contributed by atoms with Crippen LogP contribution in [-0.4, -0.2) is 18.0 Å². The van der Waals surface area contributed by atoms with Gasteiger partial charge in [-0.25, -0.2) is 0 Å². The molecule has 1 amide bonds. The van der Waals surface area contributed by atoms with Crippen molar-refractivity contribution in [1.82, 2.24) is 5.32 Å². The molecule has 1 aromatic rings. The first-order chi connectivity index (χ1) is 10.1. The van der Waals surface area contributed by atoms with Crippen LogP contribution < -0.4 is 11.1 Å². The van der Waals surface area contributed by atoms with Crippen LogP contribution in [-0.2, 0) is 0 Å². The Kier molecular flexibility index (Phi) is 5.92. The van der Waals surface area contributed by atoms with Gasteiger partial charge in [0.1, 0.15) is 0 Å². The highest BCUT2D eigenvalue weighted by molar-refractivity contribution is 9.10. The van der Waals surface area contributed by atoms with E-state index in [0.717, 1.165) is 28.4 Å². The highest BCUT2D eigenvalue weighted by Crippen LogP contribution is 2.39. The standard InChI is InChI=1S/C17H23BrN2O.ClH/c1-10-14(6-3-7-15(10)18)17(21)20-16-11-4-2-5-12(16)9-13(19)8-11;/h3,6-7,11-13,16H,2,4-5,8-9,19H2,1H3,(H,20,21);1H. The molecule has 1 aromatic carbocycles. The van der Waals surface area contributed by atoms with Crippen LogP contribution in [0.2, 0.25) is 0 Å². The van der Waals surface area contributed by atoms with E-state index in [9.17, 15) is 4.79 Å². The third kappa shape index (κ3) is 3.50. The lowest BCUT2D eigenvalue weighted by molar-refractivity contribution is 0.0755. The summed E-state index contributed by atoms with van der Waals surface area (Å²) < 4.78 is 0.987. The predicted octanol–water partition coefficient (Wildman–Crippen LogP) is 3.82. The molecule has 2 bridgehead atoms. The first-order valence-electron chi connectivity index (χ1n) is 7.88. The van der Waals surface area contributed by atoms with Gasteiger partial charge in [0.05, 0.1) is 0 Å². The number of rotatable bonds is 2. The maximum absolute atomic E-state index is 12.6. The molecule has 2 fully saturated rings.